The molecule has 1 aliphatic rings. The van der Waals surface area contributed by atoms with Crippen LogP contribution in [0.5, 0.6) is 0 Å². The second kappa shape index (κ2) is 5.80. The molecule has 0 aliphatic heterocycles. The molecule has 1 aromatic carbocycles. The highest BCUT2D eigenvalue weighted by atomic mass is 79.9. The fourth-order valence-electron chi connectivity index (χ4n) is 2.46. The zero-order chi connectivity index (χ0) is 13.1. The fraction of sp³-hybridized carbons (Fsp3) is 0.462. The molecule has 3 N–H and O–H groups in total. The maximum absolute atomic E-state index is 13.6. The number of benzene rings is 1. The molecule has 1 amide bonds. The minimum Gasteiger partial charge on any atom is -0.349 e. The van der Waals surface area contributed by atoms with Crippen LogP contribution in [0.25, 0.3) is 0 Å². The van der Waals surface area contributed by atoms with Crippen LogP contribution < -0.4 is 11.1 Å². The molecule has 2 atom stereocenters. The van der Waals surface area contributed by atoms with Crippen LogP contribution in [0.1, 0.15) is 29.6 Å². The van der Waals surface area contributed by atoms with E-state index >= 15 is 0 Å². The van der Waals surface area contributed by atoms with Crippen LogP contribution in [0.15, 0.2) is 22.7 Å². The summed E-state index contributed by atoms with van der Waals surface area (Å²) in [6.45, 7) is 0.559. The van der Waals surface area contributed by atoms with Crippen LogP contribution in [-0.4, -0.2) is 18.5 Å². The lowest BCUT2D eigenvalue weighted by molar-refractivity contribution is 0.0924. The van der Waals surface area contributed by atoms with Gasteiger partial charge in [0.25, 0.3) is 5.91 Å². The van der Waals surface area contributed by atoms with Gasteiger partial charge in [0.2, 0.25) is 0 Å². The third-order valence-corrected chi connectivity index (χ3v) is 4.13. The Bertz CT molecular complexity index is 432. The molecule has 0 radical (unpaired) electrons. The molecule has 1 saturated carbocycles. The fourth-order valence-corrected chi connectivity index (χ4v) is 2.99. The number of hydrogen-bond donors (Lipinski definition) is 2. The van der Waals surface area contributed by atoms with Crippen LogP contribution in [0.2, 0.25) is 0 Å². The van der Waals surface area contributed by atoms with Crippen LogP contribution in [0.3, 0.4) is 0 Å². The molecule has 5 heteroatoms. The lowest BCUT2D eigenvalue weighted by atomic mass is 10.0. The van der Waals surface area contributed by atoms with E-state index in [1.54, 1.807) is 12.1 Å². The number of rotatable bonds is 3. The van der Waals surface area contributed by atoms with E-state index in [0.717, 1.165) is 19.3 Å². The summed E-state index contributed by atoms with van der Waals surface area (Å²) in [5.41, 5.74) is 5.73. The molecule has 3 nitrogen and oxygen atoms in total. The number of nitrogens with two attached hydrogens (primary N) is 1. The lowest BCUT2D eigenvalue weighted by Gasteiger charge is -2.20. The highest BCUT2D eigenvalue weighted by molar-refractivity contribution is 9.10. The summed E-state index contributed by atoms with van der Waals surface area (Å²) in [7, 11) is 0. The Kier molecular flexibility index (Phi) is 4.35. The first-order valence-corrected chi connectivity index (χ1v) is 6.87. The van der Waals surface area contributed by atoms with Crippen molar-refractivity contribution in [2.24, 2.45) is 11.7 Å². The molecule has 1 fully saturated rings. The second-order valence-corrected chi connectivity index (χ2v) is 5.46. The van der Waals surface area contributed by atoms with Crippen molar-refractivity contribution < 1.29 is 9.18 Å². The van der Waals surface area contributed by atoms with Gasteiger partial charge in [-0.25, -0.2) is 4.39 Å². The van der Waals surface area contributed by atoms with Gasteiger partial charge in [0.15, 0.2) is 0 Å². The standard InChI is InChI=1S/C13H16BrFN2O/c14-9-4-2-5-10(15)12(9)13(18)17-11-6-1-3-8(11)7-16/h2,4-5,8,11H,1,3,6-7,16H2,(H,17,18). The normalized spacial score (nSPS) is 23.1. The summed E-state index contributed by atoms with van der Waals surface area (Å²) >= 11 is 3.20. The predicted molar refractivity (Wildman–Crippen MR) is 71.7 cm³/mol. The minimum absolute atomic E-state index is 0.0639. The second-order valence-electron chi connectivity index (χ2n) is 4.60. The van der Waals surface area contributed by atoms with Crippen LogP contribution in [-0.2, 0) is 0 Å². The van der Waals surface area contributed by atoms with Crippen molar-refractivity contribution in [2.45, 2.75) is 25.3 Å². The summed E-state index contributed by atoms with van der Waals surface area (Å²) in [6, 6.07) is 4.57. The maximum Gasteiger partial charge on any atom is 0.255 e. The van der Waals surface area contributed by atoms with Gasteiger partial charge in [-0.1, -0.05) is 12.5 Å². The molecule has 1 aliphatic carbocycles. The van der Waals surface area contributed by atoms with Crippen molar-refractivity contribution >= 4 is 21.8 Å². The average molecular weight is 315 g/mol. The summed E-state index contributed by atoms with van der Waals surface area (Å²) in [5.74, 6) is -0.575. The van der Waals surface area contributed by atoms with Crippen molar-refractivity contribution in [3.63, 3.8) is 0 Å². The topological polar surface area (TPSA) is 55.1 Å². The third-order valence-electron chi connectivity index (χ3n) is 3.47. The Labute approximate surface area is 114 Å². The van der Waals surface area contributed by atoms with E-state index in [1.807, 2.05) is 0 Å². The zero-order valence-electron chi connectivity index (χ0n) is 9.96. The Morgan fingerprint density at radius 1 is 1.50 bits per heavy atom. The molecule has 1 aromatic rings. The molecule has 98 valence electrons. The van der Waals surface area contributed by atoms with E-state index < -0.39 is 5.82 Å². The van der Waals surface area contributed by atoms with Crippen molar-refractivity contribution in [3.05, 3.63) is 34.1 Å². The molecule has 18 heavy (non-hydrogen) atoms. The number of halogens is 2. The van der Waals surface area contributed by atoms with Gasteiger partial charge in [-0.3, -0.25) is 4.79 Å². The number of hydrogen-bond acceptors (Lipinski definition) is 2. The molecular weight excluding hydrogens is 299 g/mol. The summed E-state index contributed by atoms with van der Waals surface area (Å²) in [4.78, 5) is 12.1. The molecule has 0 bridgehead atoms. The number of carbonyl (C=O) groups is 1. The van der Waals surface area contributed by atoms with E-state index in [9.17, 15) is 9.18 Å². The van der Waals surface area contributed by atoms with Gasteiger partial charge < -0.3 is 11.1 Å². The van der Waals surface area contributed by atoms with Gasteiger partial charge in [0, 0.05) is 10.5 Å². The lowest BCUT2D eigenvalue weighted by Crippen LogP contribution is -2.40. The predicted octanol–water partition coefficient (Wildman–Crippen LogP) is 2.45. The van der Waals surface area contributed by atoms with Crippen molar-refractivity contribution in [3.8, 4) is 0 Å². The molecule has 0 heterocycles. The van der Waals surface area contributed by atoms with Gasteiger partial charge in [-0.05, 0) is 53.4 Å². The molecule has 2 rings (SSSR count). The third kappa shape index (κ3) is 2.72. The Morgan fingerprint density at radius 2 is 2.28 bits per heavy atom. The first kappa shape index (κ1) is 13.5. The zero-order valence-corrected chi connectivity index (χ0v) is 11.5. The van der Waals surface area contributed by atoms with E-state index in [4.69, 9.17) is 5.73 Å². The largest absolute Gasteiger partial charge is 0.349 e. The smallest absolute Gasteiger partial charge is 0.255 e. The maximum atomic E-state index is 13.6. The molecular formula is C13H16BrFN2O. The number of amides is 1. The van der Waals surface area contributed by atoms with Crippen molar-refractivity contribution in [1.82, 2.24) is 5.32 Å². The van der Waals surface area contributed by atoms with Crippen LogP contribution >= 0.6 is 15.9 Å². The number of carbonyl (C=O) groups excluding carboxylic acids is 1. The van der Waals surface area contributed by atoms with E-state index in [-0.39, 0.29) is 17.5 Å². The van der Waals surface area contributed by atoms with Gasteiger partial charge in [0.05, 0.1) is 5.56 Å². The quantitative estimate of drug-likeness (QED) is 0.900. The van der Waals surface area contributed by atoms with E-state index in [2.05, 4.69) is 21.2 Å². The van der Waals surface area contributed by atoms with Crippen molar-refractivity contribution in [2.75, 3.05) is 6.54 Å². The molecule has 0 aromatic heterocycles. The highest BCUT2D eigenvalue weighted by Crippen LogP contribution is 2.26. The average Bonchev–Trinajstić information content (AvgIpc) is 2.76. The van der Waals surface area contributed by atoms with Gasteiger partial charge in [-0.2, -0.15) is 0 Å². The SMILES string of the molecule is NCC1CCCC1NC(=O)c1c(F)cccc1Br. The monoisotopic (exact) mass is 314 g/mol. The first-order chi connectivity index (χ1) is 8.63. The molecule has 0 saturated heterocycles. The Morgan fingerprint density at radius 3 is 2.94 bits per heavy atom. The minimum atomic E-state index is -0.510. The van der Waals surface area contributed by atoms with Crippen LogP contribution in [0, 0.1) is 11.7 Å². The summed E-state index contributed by atoms with van der Waals surface area (Å²) in [6.07, 6.45) is 3.00. The first-order valence-electron chi connectivity index (χ1n) is 6.08. The van der Waals surface area contributed by atoms with Crippen molar-refractivity contribution in [1.29, 1.82) is 0 Å². The summed E-state index contributed by atoms with van der Waals surface area (Å²) < 4.78 is 14.1. The molecule has 0 spiro atoms. The van der Waals surface area contributed by atoms with E-state index in [0.29, 0.717) is 16.9 Å². The Hall–Kier alpha value is -0.940. The van der Waals surface area contributed by atoms with E-state index in [1.165, 1.54) is 6.07 Å². The number of nitrogens with one attached hydrogen (secondary N) is 1. The summed E-state index contributed by atoms with van der Waals surface area (Å²) in [5, 5.41) is 2.89. The van der Waals surface area contributed by atoms with Crippen LogP contribution in [0.4, 0.5) is 4.39 Å². The Balaban J connectivity index is 2.12. The molecule has 2 unspecified atom stereocenters. The van der Waals surface area contributed by atoms with Gasteiger partial charge in [0.1, 0.15) is 5.82 Å². The van der Waals surface area contributed by atoms with Gasteiger partial charge >= 0.3 is 0 Å². The highest BCUT2D eigenvalue weighted by Gasteiger charge is 2.28. The van der Waals surface area contributed by atoms with Gasteiger partial charge in [-0.15, -0.1) is 0 Å².